The number of rotatable bonds is 6. The number of halogens is 1. The Bertz CT molecular complexity index is 1110. The van der Waals surface area contributed by atoms with Crippen molar-refractivity contribution in [1.82, 2.24) is 15.3 Å². The Hall–Kier alpha value is -3.06. The van der Waals surface area contributed by atoms with Gasteiger partial charge in [0, 0.05) is 32.1 Å². The van der Waals surface area contributed by atoms with Gasteiger partial charge in [0.1, 0.15) is 5.82 Å². The number of nitrogen functional groups attached to an aromatic ring is 1. The Morgan fingerprint density at radius 3 is 2.59 bits per heavy atom. The highest BCUT2D eigenvalue weighted by Gasteiger charge is 2.23. The van der Waals surface area contributed by atoms with Gasteiger partial charge in [-0.15, -0.1) is 0 Å². The van der Waals surface area contributed by atoms with Crippen LogP contribution in [0, 0.1) is 5.92 Å². The zero-order valence-electron chi connectivity index (χ0n) is 18.4. The molecule has 2 aromatic carbocycles. The van der Waals surface area contributed by atoms with E-state index in [1.807, 2.05) is 43.3 Å². The van der Waals surface area contributed by atoms with Crippen LogP contribution in [0.15, 0.2) is 42.5 Å². The van der Waals surface area contributed by atoms with E-state index < -0.39 is 0 Å². The molecule has 32 heavy (non-hydrogen) atoms. The summed E-state index contributed by atoms with van der Waals surface area (Å²) in [4.78, 5) is 23.9. The summed E-state index contributed by atoms with van der Waals surface area (Å²) in [7, 11) is 3.99. The fourth-order valence-electron chi connectivity index (χ4n) is 4.22. The second kappa shape index (κ2) is 9.61. The van der Waals surface area contributed by atoms with Crippen molar-refractivity contribution in [2.24, 2.45) is 5.92 Å². The number of nitrogens with two attached hydrogens (primary N) is 1. The molecular weight excluding hydrogens is 424 g/mol. The average molecular weight is 453 g/mol. The number of hydrogen-bond acceptors (Lipinski definition) is 6. The number of amides is 1. The molecule has 1 heterocycles. The Kier molecular flexibility index (Phi) is 6.65. The van der Waals surface area contributed by atoms with E-state index in [1.54, 1.807) is 18.2 Å². The van der Waals surface area contributed by atoms with E-state index in [1.165, 1.54) is 0 Å². The number of carbonyl (C=O) groups is 1. The van der Waals surface area contributed by atoms with Crippen LogP contribution in [0.25, 0.3) is 10.9 Å². The molecule has 168 valence electrons. The first kappa shape index (κ1) is 22.1. The Morgan fingerprint density at radius 2 is 1.84 bits per heavy atom. The highest BCUT2D eigenvalue weighted by Crippen LogP contribution is 2.28. The van der Waals surface area contributed by atoms with Gasteiger partial charge < -0.3 is 21.3 Å². The lowest BCUT2D eigenvalue weighted by Gasteiger charge is -2.29. The van der Waals surface area contributed by atoms with Gasteiger partial charge in [-0.05, 0) is 55.9 Å². The van der Waals surface area contributed by atoms with Gasteiger partial charge in [0.15, 0.2) is 0 Å². The maximum Gasteiger partial charge on any atom is 0.252 e. The minimum Gasteiger partial charge on any atom is -0.398 e. The third kappa shape index (κ3) is 4.88. The van der Waals surface area contributed by atoms with Crippen LogP contribution >= 0.6 is 11.6 Å². The van der Waals surface area contributed by atoms with E-state index in [0.717, 1.165) is 42.4 Å². The summed E-state index contributed by atoms with van der Waals surface area (Å²) in [6.45, 7) is 0.633. The summed E-state index contributed by atoms with van der Waals surface area (Å²) in [5.74, 6) is 1.84. The van der Waals surface area contributed by atoms with E-state index in [4.69, 9.17) is 27.3 Å². The predicted octanol–water partition coefficient (Wildman–Crippen LogP) is 4.33. The second-order valence-electron chi connectivity index (χ2n) is 8.56. The van der Waals surface area contributed by atoms with Crippen molar-refractivity contribution in [3.05, 3.63) is 53.1 Å². The molecule has 4 rings (SSSR count). The number of carbonyl (C=O) groups excluding carboxylic acids is 1. The van der Waals surface area contributed by atoms with E-state index in [0.29, 0.717) is 40.7 Å². The number of fused-ring (bicyclic) bond motifs is 1. The van der Waals surface area contributed by atoms with Crippen LogP contribution in [0.3, 0.4) is 0 Å². The number of nitrogens with one attached hydrogen (secondary N) is 2. The summed E-state index contributed by atoms with van der Waals surface area (Å²) in [5.41, 5.74) is 7.58. The number of nitrogens with zero attached hydrogens (tertiary/aromatic N) is 3. The van der Waals surface area contributed by atoms with Gasteiger partial charge in [-0.3, -0.25) is 4.79 Å². The lowest BCUT2D eigenvalue weighted by atomic mass is 9.86. The van der Waals surface area contributed by atoms with Crippen LogP contribution in [0.2, 0.25) is 5.02 Å². The van der Waals surface area contributed by atoms with Crippen LogP contribution < -0.4 is 21.3 Å². The van der Waals surface area contributed by atoms with E-state index in [-0.39, 0.29) is 5.91 Å². The van der Waals surface area contributed by atoms with Gasteiger partial charge in [-0.25, -0.2) is 4.98 Å². The largest absolute Gasteiger partial charge is 0.398 e. The van der Waals surface area contributed by atoms with Gasteiger partial charge in [0.2, 0.25) is 5.95 Å². The Balaban J connectivity index is 1.32. The van der Waals surface area contributed by atoms with Crippen molar-refractivity contribution in [3.8, 4) is 0 Å². The lowest BCUT2D eigenvalue weighted by molar-refractivity contribution is 0.0943. The van der Waals surface area contributed by atoms with Crippen LogP contribution in [0.5, 0.6) is 0 Å². The molecule has 4 N–H and O–H groups in total. The van der Waals surface area contributed by atoms with E-state index >= 15 is 0 Å². The zero-order valence-corrected chi connectivity index (χ0v) is 19.2. The predicted molar refractivity (Wildman–Crippen MR) is 131 cm³/mol. The average Bonchev–Trinajstić information content (AvgIpc) is 2.79. The van der Waals surface area contributed by atoms with E-state index in [9.17, 15) is 4.79 Å². The molecule has 3 aromatic rings. The SMILES string of the molecule is CN(C)c1nc(N[C@H]2CC[C@@H](CNC(=O)c3cccc(N)c3Cl)CC2)nc2ccccc12. The van der Waals surface area contributed by atoms with Crippen molar-refractivity contribution in [2.75, 3.05) is 36.6 Å². The van der Waals surface area contributed by atoms with Crippen LogP contribution in [-0.2, 0) is 0 Å². The highest BCUT2D eigenvalue weighted by atomic mass is 35.5. The lowest BCUT2D eigenvalue weighted by Crippen LogP contribution is -2.34. The molecule has 7 nitrogen and oxygen atoms in total. The molecule has 0 aliphatic heterocycles. The van der Waals surface area contributed by atoms with Gasteiger partial charge in [-0.2, -0.15) is 4.98 Å². The molecule has 0 radical (unpaired) electrons. The molecule has 0 atom stereocenters. The number of benzene rings is 2. The summed E-state index contributed by atoms with van der Waals surface area (Å²) >= 11 is 6.16. The fraction of sp³-hybridized carbons (Fsp3) is 0.375. The summed E-state index contributed by atoms with van der Waals surface area (Å²) in [6, 6.07) is 13.5. The molecule has 1 aliphatic rings. The topological polar surface area (TPSA) is 96.2 Å². The smallest absolute Gasteiger partial charge is 0.252 e. The fourth-order valence-corrected chi connectivity index (χ4v) is 4.43. The van der Waals surface area contributed by atoms with Crippen molar-refractivity contribution < 1.29 is 4.79 Å². The molecule has 1 aromatic heterocycles. The van der Waals surface area contributed by atoms with Gasteiger partial charge in [-0.1, -0.05) is 29.8 Å². The Labute approximate surface area is 193 Å². The van der Waals surface area contributed by atoms with Crippen molar-refractivity contribution in [1.29, 1.82) is 0 Å². The third-order valence-corrected chi connectivity index (χ3v) is 6.43. The number of aromatic nitrogens is 2. The normalized spacial score (nSPS) is 18.3. The molecule has 0 spiro atoms. The molecule has 8 heteroatoms. The quantitative estimate of drug-likeness (QED) is 0.481. The minimum atomic E-state index is -0.177. The molecule has 1 amide bonds. The molecule has 1 aliphatic carbocycles. The second-order valence-corrected chi connectivity index (χ2v) is 8.94. The molecule has 0 unspecified atom stereocenters. The monoisotopic (exact) mass is 452 g/mol. The maximum atomic E-state index is 12.5. The molecular formula is C24H29ClN6O. The first-order valence-corrected chi connectivity index (χ1v) is 11.3. The highest BCUT2D eigenvalue weighted by molar-refractivity contribution is 6.36. The molecule has 0 saturated heterocycles. The Morgan fingerprint density at radius 1 is 1.09 bits per heavy atom. The maximum absolute atomic E-state index is 12.5. The van der Waals surface area contributed by atoms with Crippen molar-refractivity contribution in [2.45, 2.75) is 31.7 Å². The van der Waals surface area contributed by atoms with Gasteiger partial charge in [0.05, 0.1) is 21.8 Å². The van der Waals surface area contributed by atoms with Crippen molar-refractivity contribution in [3.63, 3.8) is 0 Å². The van der Waals surface area contributed by atoms with Gasteiger partial charge >= 0.3 is 0 Å². The molecule has 1 fully saturated rings. The standard InChI is InChI=1S/C24H29ClN6O/c1-31(2)22-17-6-3-4-9-20(17)29-24(30-22)28-16-12-10-15(11-13-16)14-27-23(32)18-7-5-8-19(26)21(18)25/h3-9,15-16H,10-14,26H2,1-2H3,(H,27,32)(H,28,29,30)/t15-,16+. The van der Waals surface area contributed by atoms with Crippen LogP contribution in [0.4, 0.5) is 17.5 Å². The summed E-state index contributed by atoms with van der Waals surface area (Å²) < 4.78 is 0. The van der Waals surface area contributed by atoms with E-state index in [2.05, 4.69) is 10.6 Å². The van der Waals surface area contributed by atoms with Crippen molar-refractivity contribution >= 4 is 45.9 Å². The van der Waals surface area contributed by atoms with Crippen LogP contribution in [0.1, 0.15) is 36.0 Å². The zero-order chi connectivity index (χ0) is 22.7. The van der Waals surface area contributed by atoms with Gasteiger partial charge in [0.25, 0.3) is 5.91 Å². The third-order valence-electron chi connectivity index (χ3n) is 6.01. The first-order valence-electron chi connectivity index (χ1n) is 10.9. The minimum absolute atomic E-state index is 0.177. The number of anilines is 3. The first-order chi connectivity index (χ1) is 15.4. The van der Waals surface area contributed by atoms with Crippen LogP contribution in [-0.4, -0.2) is 42.6 Å². The molecule has 1 saturated carbocycles. The summed E-state index contributed by atoms with van der Waals surface area (Å²) in [5, 5.41) is 7.89. The number of para-hydroxylation sites is 1. The molecule has 0 bridgehead atoms. The summed E-state index contributed by atoms with van der Waals surface area (Å²) in [6.07, 6.45) is 4.06. The number of hydrogen-bond donors (Lipinski definition) is 3.